The molecule has 1 aliphatic rings. The molecule has 5 heteroatoms. The van der Waals surface area contributed by atoms with Gasteiger partial charge >= 0.3 is 5.97 Å². The van der Waals surface area contributed by atoms with Crippen molar-refractivity contribution in [2.75, 3.05) is 13.7 Å². The van der Waals surface area contributed by atoms with E-state index in [9.17, 15) is 4.79 Å². The molecule has 0 atom stereocenters. The number of carbonyl (C=O) groups excluding carboxylic acids is 1. The minimum Gasteiger partial charge on any atom is -0.463 e. The van der Waals surface area contributed by atoms with Crippen LogP contribution in [0.3, 0.4) is 0 Å². The molecule has 0 saturated heterocycles. The van der Waals surface area contributed by atoms with Crippen LogP contribution in [0.4, 0.5) is 0 Å². The van der Waals surface area contributed by atoms with Crippen molar-refractivity contribution in [3.05, 3.63) is 52.6 Å². The van der Waals surface area contributed by atoms with Crippen LogP contribution in [0.2, 0.25) is 0 Å². The Bertz CT molecular complexity index is 676. The molecule has 1 aromatic heterocycles. The van der Waals surface area contributed by atoms with Crippen molar-refractivity contribution >= 4 is 5.97 Å². The van der Waals surface area contributed by atoms with Gasteiger partial charge in [0.15, 0.2) is 0 Å². The number of aromatic nitrogens is 2. The molecular weight excluding hydrogens is 266 g/mol. The van der Waals surface area contributed by atoms with Crippen molar-refractivity contribution in [1.82, 2.24) is 14.9 Å². The van der Waals surface area contributed by atoms with E-state index in [-0.39, 0.29) is 5.97 Å². The smallest absolute Gasteiger partial charge is 0.374 e. The third kappa shape index (κ3) is 2.56. The molecular formula is C16H19N3O2. The monoisotopic (exact) mass is 285 g/mol. The molecule has 2 aromatic rings. The summed E-state index contributed by atoms with van der Waals surface area (Å²) in [4.78, 5) is 16.5. The number of carbonyl (C=O) groups is 1. The molecule has 3 rings (SSSR count). The van der Waals surface area contributed by atoms with E-state index < -0.39 is 0 Å². The Morgan fingerprint density at radius 2 is 2.24 bits per heavy atom. The Balaban J connectivity index is 2.05. The molecule has 1 aromatic carbocycles. The van der Waals surface area contributed by atoms with Crippen molar-refractivity contribution in [3.63, 3.8) is 0 Å². The zero-order valence-corrected chi connectivity index (χ0v) is 12.3. The first kappa shape index (κ1) is 13.8. The molecule has 2 heterocycles. The fraction of sp³-hybridized carbons (Fsp3) is 0.375. The number of rotatable bonds is 3. The fourth-order valence-corrected chi connectivity index (χ4v) is 2.75. The maximum absolute atomic E-state index is 12.0. The third-order valence-electron chi connectivity index (χ3n) is 3.94. The van der Waals surface area contributed by atoms with E-state index >= 15 is 0 Å². The lowest BCUT2D eigenvalue weighted by Crippen LogP contribution is -2.25. The Kier molecular flexibility index (Phi) is 3.75. The molecule has 21 heavy (non-hydrogen) atoms. The number of aryl methyl sites for hydroxylation is 1. The lowest BCUT2D eigenvalue weighted by Gasteiger charge is -2.16. The highest BCUT2D eigenvalue weighted by Crippen LogP contribution is 2.20. The first-order chi connectivity index (χ1) is 10.2. The average molecular weight is 285 g/mol. The quantitative estimate of drug-likeness (QED) is 0.872. The van der Waals surface area contributed by atoms with Gasteiger partial charge in [-0.2, -0.15) is 0 Å². The summed E-state index contributed by atoms with van der Waals surface area (Å²) in [5.41, 5.74) is 4.50. The SMILES string of the molecule is COC(=O)c1nc2c(n1Cc1ccccc1C)CCNC2. The van der Waals surface area contributed by atoms with Gasteiger partial charge in [-0.25, -0.2) is 9.78 Å². The topological polar surface area (TPSA) is 56.1 Å². The normalized spacial score (nSPS) is 13.8. The minimum absolute atomic E-state index is 0.377. The zero-order chi connectivity index (χ0) is 14.8. The second-order valence-corrected chi connectivity index (χ2v) is 5.26. The van der Waals surface area contributed by atoms with Crippen molar-refractivity contribution in [2.24, 2.45) is 0 Å². The lowest BCUT2D eigenvalue weighted by atomic mass is 10.1. The number of hydrogen-bond acceptors (Lipinski definition) is 4. The van der Waals surface area contributed by atoms with E-state index in [0.29, 0.717) is 18.9 Å². The van der Waals surface area contributed by atoms with Crippen LogP contribution >= 0.6 is 0 Å². The number of ether oxygens (including phenoxy) is 1. The van der Waals surface area contributed by atoms with Crippen LogP contribution in [0, 0.1) is 6.92 Å². The second-order valence-electron chi connectivity index (χ2n) is 5.26. The summed E-state index contributed by atoms with van der Waals surface area (Å²) in [5.74, 6) is 0.0208. The molecule has 0 spiro atoms. The Morgan fingerprint density at radius 1 is 1.43 bits per heavy atom. The average Bonchev–Trinajstić information content (AvgIpc) is 2.88. The van der Waals surface area contributed by atoms with Gasteiger partial charge in [-0.1, -0.05) is 24.3 Å². The van der Waals surface area contributed by atoms with E-state index in [1.807, 2.05) is 16.7 Å². The van der Waals surface area contributed by atoms with Gasteiger partial charge in [-0.3, -0.25) is 0 Å². The summed E-state index contributed by atoms with van der Waals surface area (Å²) in [7, 11) is 1.40. The molecule has 0 saturated carbocycles. The van der Waals surface area contributed by atoms with Crippen molar-refractivity contribution < 1.29 is 9.53 Å². The number of nitrogens with zero attached hydrogens (tertiary/aromatic N) is 2. The van der Waals surface area contributed by atoms with Crippen LogP contribution in [-0.4, -0.2) is 29.2 Å². The Morgan fingerprint density at radius 3 is 3.00 bits per heavy atom. The summed E-state index contributed by atoms with van der Waals surface area (Å²) in [6.07, 6.45) is 0.880. The van der Waals surface area contributed by atoms with Crippen LogP contribution in [-0.2, 0) is 24.2 Å². The molecule has 0 radical (unpaired) electrons. The standard InChI is InChI=1S/C16H19N3O2/c1-11-5-3-4-6-12(11)10-19-14-7-8-17-9-13(14)18-15(19)16(20)21-2/h3-6,17H,7-10H2,1-2H3. The molecule has 1 aliphatic heterocycles. The van der Waals surface area contributed by atoms with Gasteiger partial charge in [0.05, 0.1) is 12.8 Å². The van der Waals surface area contributed by atoms with Crippen molar-refractivity contribution in [2.45, 2.75) is 26.4 Å². The van der Waals surface area contributed by atoms with Gasteiger partial charge in [-0.05, 0) is 18.1 Å². The summed E-state index contributed by atoms with van der Waals surface area (Å²) in [6.45, 7) is 4.35. The number of methoxy groups -OCH3 is 1. The summed E-state index contributed by atoms with van der Waals surface area (Å²) in [5, 5.41) is 3.29. The van der Waals surface area contributed by atoms with Crippen LogP contribution in [0.1, 0.15) is 33.1 Å². The molecule has 0 amide bonds. The van der Waals surface area contributed by atoms with Gasteiger partial charge in [0, 0.05) is 31.7 Å². The predicted molar refractivity (Wildman–Crippen MR) is 79.3 cm³/mol. The van der Waals surface area contributed by atoms with Crippen LogP contribution in [0.5, 0.6) is 0 Å². The maximum Gasteiger partial charge on any atom is 0.374 e. The molecule has 110 valence electrons. The van der Waals surface area contributed by atoms with Crippen LogP contribution < -0.4 is 5.32 Å². The van der Waals surface area contributed by atoms with Gasteiger partial charge in [0.1, 0.15) is 0 Å². The highest BCUT2D eigenvalue weighted by Gasteiger charge is 2.24. The molecule has 5 nitrogen and oxygen atoms in total. The van der Waals surface area contributed by atoms with E-state index in [4.69, 9.17) is 4.74 Å². The third-order valence-corrected chi connectivity index (χ3v) is 3.94. The molecule has 0 unspecified atom stereocenters. The largest absolute Gasteiger partial charge is 0.463 e. The highest BCUT2D eigenvalue weighted by molar-refractivity contribution is 5.85. The van der Waals surface area contributed by atoms with E-state index in [1.165, 1.54) is 18.2 Å². The van der Waals surface area contributed by atoms with Crippen LogP contribution in [0.25, 0.3) is 0 Å². The fourth-order valence-electron chi connectivity index (χ4n) is 2.75. The van der Waals surface area contributed by atoms with Crippen molar-refractivity contribution in [1.29, 1.82) is 0 Å². The Hall–Kier alpha value is -2.14. The predicted octanol–water partition coefficient (Wildman–Crippen LogP) is 1.67. The maximum atomic E-state index is 12.0. The number of nitrogens with one attached hydrogen (secondary N) is 1. The van der Waals surface area contributed by atoms with Gasteiger partial charge in [0.2, 0.25) is 5.82 Å². The molecule has 0 fully saturated rings. The first-order valence-electron chi connectivity index (χ1n) is 7.12. The first-order valence-corrected chi connectivity index (χ1v) is 7.12. The van der Waals surface area contributed by atoms with E-state index in [1.54, 1.807) is 0 Å². The van der Waals surface area contributed by atoms with Gasteiger partial charge in [-0.15, -0.1) is 0 Å². The highest BCUT2D eigenvalue weighted by atomic mass is 16.5. The number of esters is 1. The molecule has 1 N–H and O–H groups in total. The molecule has 0 aliphatic carbocycles. The van der Waals surface area contributed by atoms with E-state index in [0.717, 1.165) is 24.4 Å². The summed E-state index contributed by atoms with van der Waals surface area (Å²) in [6, 6.07) is 8.21. The van der Waals surface area contributed by atoms with Gasteiger partial charge in [0.25, 0.3) is 0 Å². The number of benzene rings is 1. The minimum atomic E-state index is -0.377. The zero-order valence-electron chi connectivity index (χ0n) is 12.3. The van der Waals surface area contributed by atoms with Crippen LogP contribution in [0.15, 0.2) is 24.3 Å². The molecule has 0 bridgehead atoms. The number of fused-ring (bicyclic) bond motifs is 1. The number of hydrogen-bond donors (Lipinski definition) is 1. The Labute approximate surface area is 124 Å². The van der Waals surface area contributed by atoms with Crippen molar-refractivity contribution in [3.8, 4) is 0 Å². The van der Waals surface area contributed by atoms with Gasteiger partial charge < -0.3 is 14.6 Å². The lowest BCUT2D eigenvalue weighted by molar-refractivity contribution is 0.0581. The number of imidazole rings is 1. The summed E-state index contributed by atoms with van der Waals surface area (Å²) >= 11 is 0. The second kappa shape index (κ2) is 5.69. The summed E-state index contributed by atoms with van der Waals surface area (Å²) < 4.78 is 6.88. The van der Waals surface area contributed by atoms with E-state index in [2.05, 4.69) is 29.4 Å².